The van der Waals surface area contributed by atoms with Crippen molar-refractivity contribution in [1.82, 2.24) is 5.43 Å². The minimum Gasteiger partial charge on any atom is -0.483 e. The molecule has 0 radical (unpaired) electrons. The smallest absolute Gasteiger partial charge is 0.277 e. The summed E-state index contributed by atoms with van der Waals surface area (Å²) < 4.78 is 10.9. The molecule has 3 aromatic rings. The Balaban J connectivity index is 1.36. The molecular formula is C23H23N3O3. The molecule has 148 valence electrons. The Morgan fingerprint density at radius 1 is 1.24 bits per heavy atom. The van der Waals surface area contributed by atoms with Crippen LogP contribution in [-0.2, 0) is 11.2 Å². The predicted molar refractivity (Wildman–Crippen MR) is 113 cm³/mol. The van der Waals surface area contributed by atoms with Gasteiger partial charge in [-0.05, 0) is 72.4 Å². The van der Waals surface area contributed by atoms with E-state index in [2.05, 4.69) is 21.9 Å². The summed E-state index contributed by atoms with van der Waals surface area (Å²) in [5, 5.41) is 7.41. The Morgan fingerprint density at radius 2 is 2.07 bits per heavy atom. The van der Waals surface area contributed by atoms with Crippen molar-refractivity contribution in [1.29, 1.82) is 0 Å². The van der Waals surface area contributed by atoms with Crippen LogP contribution in [0.5, 0.6) is 5.75 Å². The highest BCUT2D eigenvalue weighted by atomic mass is 16.5. The third kappa shape index (κ3) is 4.16. The van der Waals surface area contributed by atoms with E-state index in [9.17, 15) is 4.79 Å². The molecule has 6 heteroatoms. The molecule has 29 heavy (non-hydrogen) atoms. The van der Waals surface area contributed by atoms with Gasteiger partial charge in [0.2, 0.25) is 0 Å². The van der Waals surface area contributed by atoms with E-state index >= 15 is 0 Å². The van der Waals surface area contributed by atoms with Gasteiger partial charge in [-0.1, -0.05) is 12.1 Å². The maximum absolute atomic E-state index is 12.1. The molecule has 1 aliphatic rings. The number of nitrogens with one attached hydrogen (secondary N) is 2. The van der Waals surface area contributed by atoms with Gasteiger partial charge in [0, 0.05) is 17.8 Å². The van der Waals surface area contributed by atoms with Crippen LogP contribution in [0.1, 0.15) is 22.3 Å². The average molecular weight is 389 g/mol. The zero-order chi connectivity index (χ0) is 20.2. The van der Waals surface area contributed by atoms with Crippen molar-refractivity contribution < 1.29 is 13.9 Å². The van der Waals surface area contributed by atoms with Gasteiger partial charge in [0.1, 0.15) is 5.75 Å². The normalized spacial score (nSPS) is 12.6. The Labute approximate surface area is 169 Å². The fourth-order valence-corrected chi connectivity index (χ4v) is 3.61. The molecule has 4 rings (SSSR count). The van der Waals surface area contributed by atoms with Crippen molar-refractivity contribution in [3.05, 3.63) is 71.2 Å². The molecule has 0 saturated carbocycles. The van der Waals surface area contributed by atoms with E-state index in [-0.39, 0.29) is 12.5 Å². The van der Waals surface area contributed by atoms with Gasteiger partial charge < -0.3 is 14.5 Å². The number of aryl methyl sites for hydroxylation is 2. The van der Waals surface area contributed by atoms with Gasteiger partial charge >= 0.3 is 0 Å². The number of fused-ring (bicyclic) bond motifs is 1. The third-order valence-corrected chi connectivity index (χ3v) is 4.96. The van der Waals surface area contributed by atoms with Crippen LogP contribution in [0.4, 0.5) is 5.69 Å². The summed E-state index contributed by atoms with van der Waals surface area (Å²) in [4.78, 5) is 12.1. The van der Waals surface area contributed by atoms with Gasteiger partial charge in [-0.15, -0.1) is 0 Å². The van der Waals surface area contributed by atoms with Crippen LogP contribution < -0.4 is 15.5 Å². The number of hydrazone groups is 1. The standard InChI is InChI=1S/C23H23N3O3/c1-15-10-19(18-7-9-28-13-18)11-16(2)23(15)29-14-22(27)26-25-12-17-4-3-5-21-20(17)6-8-24-21/h3-5,7,9-13,24H,6,8,14H2,1-2H3,(H,26,27)/b25-12+. The summed E-state index contributed by atoms with van der Waals surface area (Å²) >= 11 is 0. The first-order valence-electron chi connectivity index (χ1n) is 9.56. The molecule has 0 bridgehead atoms. The second kappa shape index (κ2) is 8.22. The molecule has 1 aromatic heterocycles. The zero-order valence-electron chi connectivity index (χ0n) is 16.5. The second-order valence-corrected chi connectivity index (χ2v) is 7.08. The maximum Gasteiger partial charge on any atom is 0.277 e. The summed E-state index contributed by atoms with van der Waals surface area (Å²) in [6.45, 7) is 4.76. The highest BCUT2D eigenvalue weighted by Gasteiger charge is 2.13. The first-order valence-corrected chi connectivity index (χ1v) is 9.56. The van der Waals surface area contributed by atoms with Gasteiger partial charge in [0.25, 0.3) is 5.91 Å². The number of rotatable bonds is 6. The van der Waals surface area contributed by atoms with Crippen molar-refractivity contribution in [2.75, 3.05) is 18.5 Å². The lowest BCUT2D eigenvalue weighted by Gasteiger charge is -2.13. The molecule has 2 heterocycles. The van der Waals surface area contributed by atoms with Crippen molar-refractivity contribution in [3.8, 4) is 16.9 Å². The zero-order valence-corrected chi connectivity index (χ0v) is 16.5. The summed E-state index contributed by atoms with van der Waals surface area (Å²) in [5.41, 5.74) is 9.90. The molecule has 0 aliphatic carbocycles. The number of carbonyl (C=O) groups is 1. The van der Waals surface area contributed by atoms with Gasteiger partial charge in [-0.2, -0.15) is 5.10 Å². The van der Waals surface area contributed by atoms with Crippen molar-refractivity contribution in [2.24, 2.45) is 5.10 Å². The van der Waals surface area contributed by atoms with E-state index in [0.29, 0.717) is 5.75 Å². The summed E-state index contributed by atoms with van der Waals surface area (Å²) in [7, 11) is 0. The van der Waals surface area contributed by atoms with Crippen LogP contribution in [-0.4, -0.2) is 25.3 Å². The monoisotopic (exact) mass is 389 g/mol. The van der Waals surface area contributed by atoms with Gasteiger partial charge in [-0.25, -0.2) is 5.43 Å². The molecule has 0 fully saturated rings. The Morgan fingerprint density at radius 3 is 2.83 bits per heavy atom. The SMILES string of the molecule is Cc1cc(-c2ccoc2)cc(C)c1OCC(=O)N/N=C/c1cccc2c1CCN2. The lowest BCUT2D eigenvalue weighted by molar-refractivity contribution is -0.123. The molecule has 2 aromatic carbocycles. The number of anilines is 1. The van der Waals surface area contributed by atoms with Crippen LogP contribution in [0.15, 0.2) is 58.4 Å². The van der Waals surface area contributed by atoms with Crippen molar-refractivity contribution >= 4 is 17.8 Å². The molecule has 1 aliphatic heterocycles. The number of furan rings is 1. The number of carbonyl (C=O) groups excluding carboxylic acids is 1. The molecule has 0 atom stereocenters. The van der Waals surface area contributed by atoms with Gasteiger partial charge in [-0.3, -0.25) is 4.79 Å². The number of amides is 1. The molecule has 2 N–H and O–H groups in total. The number of hydrogen-bond acceptors (Lipinski definition) is 5. The fourth-order valence-electron chi connectivity index (χ4n) is 3.61. The summed E-state index contributed by atoms with van der Waals surface area (Å²) in [6, 6.07) is 12.0. The lowest BCUT2D eigenvalue weighted by atomic mass is 10.0. The quantitative estimate of drug-likeness (QED) is 0.492. The molecule has 1 amide bonds. The van der Waals surface area contributed by atoms with Crippen LogP contribution in [0.3, 0.4) is 0 Å². The first kappa shape index (κ1) is 18.8. The van der Waals surface area contributed by atoms with Gasteiger partial charge in [0.15, 0.2) is 6.61 Å². The van der Waals surface area contributed by atoms with E-state index in [4.69, 9.17) is 9.15 Å². The van der Waals surface area contributed by atoms with E-state index in [1.807, 2.05) is 44.2 Å². The fraction of sp³-hybridized carbons (Fsp3) is 0.217. The van der Waals surface area contributed by atoms with Crippen molar-refractivity contribution in [2.45, 2.75) is 20.3 Å². The minimum atomic E-state index is -0.301. The Bertz CT molecular complexity index is 1030. The van der Waals surface area contributed by atoms with Crippen LogP contribution in [0.25, 0.3) is 11.1 Å². The molecule has 0 unspecified atom stereocenters. The highest BCUT2D eigenvalue weighted by Crippen LogP contribution is 2.30. The lowest BCUT2D eigenvalue weighted by Crippen LogP contribution is -2.25. The molecular weight excluding hydrogens is 366 g/mol. The van der Waals surface area contributed by atoms with Gasteiger partial charge in [0.05, 0.1) is 18.7 Å². The highest BCUT2D eigenvalue weighted by molar-refractivity contribution is 5.87. The van der Waals surface area contributed by atoms with E-state index in [1.165, 1.54) is 5.56 Å². The molecule has 0 spiro atoms. The van der Waals surface area contributed by atoms with E-state index in [0.717, 1.165) is 46.5 Å². The number of benzene rings is 2. The Kier molecular flexibility index (Phi) is 5.33. The number of hydrogen-bond donors (Lipinski definition) is 2. The molecule has 6 nitrogen and oxygen atoms in total. The largest absolute Gasteiger partial charge is 0.483 e. The summed E-state index contributed by atoms with van der Waals surface area (Å²) in [6.07, 6.45) is 6.00. The first-order chi connectivity index (χ1) is 14.1. The van der Waals surface area contributed by atoms with E-state index < -0.39 is 0 Å². The van der Waals surface area contributed by atoms with E-state index in [1.54, 1.807) is 18.7 Å². The summed E-state index contributed by atoms with van der Waals surface area (Å²) in [5.74, 6) is 0.410. The average Bonchev–Trinajstić information content (AvgIpc) is 3.39. The van der Waals surface area contributed by atoms with Crippen LogP contribution in [0.2, 0.25) is 0 Å². The Hall–Kier alpha value is -3.54. The molecule has 0 saturated heterocycles. The maximum atomic E-state index is 12.1. The van der Waals surface area contributed by atoms with Crippen molar-refractivity contribution in [3.63, 3.8) is 0 Å². The van der Waals surface area contributed by atoms with Crippen LogP contribution in [0, 0.1) is 13.8 Å². The topological polar surface area (TPSA) is 75.9 Å². The second-order valence-electron chi connectivity index (χ2n) is 7.08. The third-order valence-electron chi connectivity index (χ3n) is 4.96. The van der Waals surface area contributed by atoms with Crippen LogP contribution >= 0.6 is 0 Å². The number of nitrogens with zero attached hydrogens (tertiary/aromatic N) is 1. The minimum absolute atomic E-state index is 0.0987. The number of ether oxygens (including phenoxy) is 1. The predicted octanol–water partition coefficient (Wildman–Crippen LogP) is 4.06.